The Balaban J connectivity index is 2.46. The number of hydrogen-bond acceptors (Lipinski definition) is 3. The quantitative estimate of drug-likeness (QED) is 0.739. The van der Waals surface area contributed by atoms with Crippen LogP contribution in [-0.4, -0.2) is 20.4 Å². The molecule has 15 heavy (non-hydrogen) atoms. The molecule has 1 aromatic carbocycles. The van der Waals surface area contributed by atoms with E-state index in [1.54, 1.807) is 0 Å². The molecule has 1 aliphatic rings. The van der Waals surface area contributed by atoms with Gasteiger partial charge < -0.3 is 15.0 Å². The Kier molecular flexibility index (Phi) is 2.46. The van der Waals surface area contributed by atoms with Crippen LogP contribution in [0.1, 0.15) is 17.2 Å². The number of carbonyl (C=O) groups is 1. The Labute approximate surface area is 89.4 Å². The third kappa shape index (κ3) is 1.73. The molecule has 1 aromatic rings. The van der Waals surface area contributed by atoms with E-state index in [1.807, 2.05) is 43.4 Å². The molecule has 78 valence electrons. The second-order valence-corrected chi connectivity index (χ2v) is 3.82. The van der Waals surface area contributed by atoms with Gasteiger partial charge in [0.1, 0.15) is 12.3 Å². The molecule has 0 aromatic heterocycles. The van der Waals surface area contributed by atoms with Gasteiger partial charge in [0.05, 0.1) is 0 Å². The minimum atomic E-state index is -0.207. The summed E-state index contributed by atoms with van der Waals surface area (Å²) in [4.78, 5) is 12.9. The molecular formula is C12H14N2O. The number of aldehydes is 1. The SMILES string of the molecule is CN(C)c1ccc2c(c1)C=CNC2C=O. The zero-order valence-corrected chi connectivity index (χ0v) is 8.90. The summed E-state index contributed by atoms with van der Waals surface area (Å²) >= 11 is 0. The van der Waals surface area contributed by atoms with Gasteiger partial charge in [-0.25, -0.2) is 0 Å². The van der Waals surface area contributed by atoms with Gasteiger partial charge in [-0.3, -0.25) is 0 Å². The molecule has 1 atom stereocenters. The molecule has 0 fully saturated rings. The molecule has 1 heterocycles. The summed E-state index contributed by atoms with van der Waals surface area (Å²) in [7, 11) is 4.01. The van der Waals surface area contributed by atoms with Crippen molar-refractivity contribution < 1.29 is 4.79 Å². The Morgan fingerprint density at radius 1 is 1.40 bits per heavy atom. The third-order valence-corrected chi connectivity index (χ3v) is 2.60. The van der Waals surface area contributed by atoms with Crippen molar-refractivity contribution >= 4 is 18.0 Å². The molecule has 1 N–H and O–H groups in total. The van der Waals surface area contributed by atoms with Gasteiger partial charge in [-0.05, 0) is 35.5 Å². The second-order valence-electron chi connectivity index (χ2n) is 3.82. The van der Waals surface area contributed by atoms with E-state index >= 15 is 0 Å². The first-order valence-corrected chi connectivity index (χ1v) is 4.91. The Morgan fingerprint density at radius 3 is 2.87 bits per heavy atom. The molecule has 0 radical (unpaired) electrons. The van der Waals surface area contributed by atoms with Crippen LogP contribution >= 0.6 is 0 Å². The van der Waals surface area contributed by atoms with Crippen LogP contribution in [0.15, 0.2) is 24.4 Å². The normalized spacial score (nSPS) is 17.9. The highest BCUT2D eigenvalue weighted by Gasteiger charge is 2.15. The fraction of sp³-hybridized carbons (Fsp3) is 0.250. The Hall–Kier alpha value is -1.77. The lowest BCUT2D eigenvalue weighted by molar-refractivity contribution is -0.109. The lowest BCUT2D eigenvalue weighted by Crippen LogP contribution is -2.21. The summed E-state index contributed by atoms with van der Waals surface area (Å²) in [6.07, 6.45) is 4.74. The highest BCUT2D eigenvalue weighted by molar-refractivity contribution is 5.72. The van der Waals surface area contributed by atoms with Gasteiger partial charge >= 0.3 is 0 Å². The monoisotopic (exact) mass is 202 g/mol. The molecule has 3 heteroatoms. The van der Waals surface area contributed by atoms with Crippen molar-refractivity contribution in [3.8, 4) is 0 Å². The number of nitrogens with one attached hydrogen (secondary N) is 1. The first kappa shape index (κ1) is 9.77. The fourth-order valence-corrected chi connectivity index (χ4v) is 1.71. The molecule has 0 bridgehead atoms. The van der Waals surface area contributed by atoms with E-state index in [0.29, 0.717) is 0 Å². The molecule has 0 aliphatic carbocycles. The van der Waals surface area contributed by atoms with E-state index in [4.69, 9.17) is 0 Å². The number of rotatable bonds is 2. The van der Waals surface area contributed by atoms with Crippen LogP contribution in [0.2, 0.25) is 0 Å². The van der Waals surface area contributed by atoms with E-state index in [1.165, 1.54) is 0 Å². The lowest BCUT2D eigenvalue weighted by Gasteiger charge is -2.21. The summed E-state index contributed by atoms with van der Waals surface area (Å²) in [5, 5.41) is 3.01. The van der Waals surface area contributed by atoms with Gasteiger partial charge in [0.2, 0.25) is 0 Å². The summed E-state index contributed by atoms with van der Waals surface area (Å²) in [5.41, 5.74) is 3.29. The highest BCUT2D eigenvalue weighted by atomic mass is 16.1. The molecule has 3 nitrogen and oxygen atoms in total. The number of carbonyl (C=O) groups excluding carboxylic acids is 1. The van der Waals surface area contributed by atoms with E-state index < -0.39 is 0 Å². The number of benzene rings is 1. The predicted octanol–water partition coefficient (Wildman–Crippen LogP) is 1.57. The number of anilines is 1. The van der Waals surface area contributed by atoms with E-state index in [9.17, 15) is 4.79 Å². The van der Waals surface area contributed by atoms with Crippen LogP contribution in [0.4, 0.5) is 5.69 Å². The van der Waals surface area contributed by atoms with E-state index in [-0.39, 0.29) is 6.04 Å². The van der Waals surface area contributed by atoms with Crippen LogP contribution in [0.25, 0.3) is 6.08 Å². The molecule has 0 saturated carbocycles. The zero-order valence-electron chi connectivity index (χ0n) is 8.90. The van der Waals surface area contributed by atoms with Crippen LogP contribution in [0.5, 0.6) is 0 Å². The fourth-order valence-electron chi connectivity index (χ4n) is 1.71. The van der Waals surface area contributed by atoms with E-state index in [0.717, 1.165) is 23.1 Å². The topological polar surface area (TPSA) is 32.3 Å². The predicted molar refractivity (Wildman–Crippen MR) is 61.7 cm³/mol. The molecule has 1 aliphatic heterocycles. The van der Waals surface area contributed by atoms with Crippen LogP contribution in [0.3, 0.4) is 0 Å². The van der Waals surface area contributed by atoms with Crippen molar-refractivity contribution in [3.05, 3.63) is 35.5 Å². The van der Waals surface area contributed by atoms with Crippen LogP contribution < -0.4 is 10.2 Å². The first-order valence-electron chi connectivity index (χ1n) is 4.91. The van der Waals surface area contributed by atoms with Gasteiger partial charge in [0.15, 0.2) is 0 Å². The Morgan fingerprint density at radius 2 is 2.20 bits per heavy atom. The largest absolute Gasteiger partial charge is 0.378 e. The molecule has 0 saturated heterocycles. The average molecular weight is 202 g/mol. The Bertz CT molecular complexity index is 410. The molecule has 1 unspecified atom stereocenters. The van der Waals surface area contributed by atoms with Gasteiger partial charge in [0, 0.05) is 19.8 Å². The van der Waals surface area contributed by atoms with Crippen molar-refractivity contribution in [2.45, 2.75) is 6.04 Å². The lowest BCUT2D eigenvalue weighted by atomic mass is 9.98. The maximum absolute atomic E-state index is 10.8. The van der Waals surface area contributed by atoms with Gasteiger partial charge in [-0.15, -0.1) is 0 Å². The van der Waals surface area contributed by atoms with Gasteiger partial charge in [-0.1, -0.05) is 6.07 Å². The van der Waals surface area contributed by atoms with Crippen molar-refractivity contribution in [2.24, 2.45) is 0 Å². The van der Waals surface area contributed by atoms with Crippen molar-refractivity contribution in [3.63, 3.8) is 0 Å². The standard InChI is InChI=1S/C12H14N2O/c1-14(2)10-3-4-11-9(7-10)5-6-13-12(11)8-15/h3-8,12-13H,1-2H3. The molecular weight excluding hydrogens is 188 g/mol. The summed E-state index contributed by atoms with van der Waals surface area (Å²) in [6.45, 7) is 0. The maximum atomic E-state index is 10.8. The zero-order chi connectivity index (χ0) is 10.8. The van der Waals surface area contributed by atoms with Crippen molar-refractivity contribution in [2.75, 3.05) is 19.0 Å². The number of hydrogen-bond donors (Lipinski definition) is 1. The van der Waals surface area contributed by atoms with Gasteiger partial charge in [0.25, 0.3) is 0 Å². The second kappa shape index (κ2) is 3.77. The van der Waals surface area contributed by atoms with Crippen molar-refractivity contribution in [1.82, 2.24) is 5.32 Å². The molecule has 0 spiro atoms. The maximum Gasteiger partial charge on any atom is 0.146 e. The highest BCUT2D eigenvalue weighted by Crippen LogP contribution is 2.26. The number of nitrogens with zero attached hydrogens (tertiary/aromatic N) is 1. The minimum absolute atomic E-state index is 0.207. The van der Waals surface area contributed by atoms with Crippen LogP contribution in [0, 0.1) is 0 Å². The molecule has 0 amide bonds. The van der Waals surface area contributed by atoms with Gasteiger partial charge in [-0.2, -0.15) is 0 Å². The molecule has 2 rings (SSSR count). The minimum Gasteiger partial charge on any atom is -0.378 e. The number of fused-ring (bicyclic) bond motifs is 1. The van der Waals surface area contributed by atoms with Crippen molar-refractivity contribution in [1.29, 1.82) is 0 Å². The summed E-state index contributed by atoms with van der Waals surface area (Å²) < 4.78 is 0. The average Bonchev–Trinajstić information content (AvgIpc) is 2.27. The van der Waals surface area contributed by atoms with E-state index in [2.05, 4.69) is 11.4 Å². The summed E-state index contributed by atoms with van der Waals surface area (Å²) in [6, 6.07) is 5.90. The third-order valence-electron chi connectivity index (χ3n) is 2.60. The first-order chi connectivity index (χ1) is 7.22. The van der Waals surface area contributed by atoms with Crippen LogP contribution in [-0.2, 0) is 4.79 Å². The smallest absolute Gasteiger partial charge is 0.146 e. The summed E-state index contributed by atoms with van der Waals surface area (Å²) in [5.74, 6) is 0.